The van der Waals surface area contributed by atoms with Crippen molar-refractivity contribution in [1.82, 2.24) is 14.1 Å². The Bertz CT molecular complexity index is 1750. The Morgan fingerprint density at radius 1 is 1.13 bits per heavy atom. The number of hydrogen-bond acceptors (Lipinski definition) is 5. The summed E-state index contributed by atoms with van der Waals surface area (Å²) in [7, 11) is -4.02. The van der Waals surface area contributed by atoms with Crippen molar-refractivity contribution >= 4 is 27.4 Å². The molecular weight excluding hydrogens is 414 g/mol. The highest BCUT2D eigenvalue weighted by molar-refractivity contribution is 7.99. The quantitative estimate of drug-likeness (QED) is 0.583. The summed E-state index contributed by atoms with van der Waals surface area (Å²) in [6.45, 7) is -9.52. The van der Waals surface area contributed by atoms with Gasteiger partial charge in [-0.3, -0.25) is 0 Å². The molecule has 0 saturated carbocycles. The number of rotatable bonds is 5. The van der Waals surface area contributed by atoms with Crippen molar-refractivity contribution in [1.29, 1.82) is 0 Å². The van der Waals surface area contributed by atoms with Gasteiger partial charge in [-0.05, 0) is 54.3 Å². The van der Waals surface area contributed by atoms with Gasteiger partial charge in [0.1, 0.15) is 0 Å². The Kier molecular flexibility index (Phi) is 2.68. The van der Waals surface area contributed by atoms with E-state index >= 15 is 0 Å². The first-order chi connectivity index (χ1) is 21.2. The highest BCUT2D eigenvalue weighted by Crippen LogP contribution is 2.46. The van der Waals surface area contributed by atoms with Crippen LogP contribution in [0.3, 0.4) is 0 Å². The lowest BCUT2D eigenvalue weighted by Gasteiger charge is -2.32. The van der Waals surface area contributed by atoms with Gasteiger partial charge in [0.05, 0.1) is 14.5 Å². The molecule has 0 aromatic heterocycles. The van der Waals surface area contributed by atoms with Crippen LogP contribution < -0.4 is 0 Å². The molecule has 2 aliphatic heterocycles. The van der Waals surface area contributed by atoms with E-state index in [1.54, 1.807) is 7.05 Å². The number of sulfonamides is 1. The van der Waals surface area contributed by atoms with Gasteiger partial charge in [0.25, 0.3) is 0 Å². The average Bonchev–Trinajstić information content (AvgIpc) is 2.91. The van der Waals surface area contributed by atoms with E-state index in [-0.39, 0.29) is 18.0 Å². The van der Waals surface area contributed by atoms with E-state index < -0.39 is 110 Å². The lowest BCUT2D eigenvalue weighted by Crippen LogP contribution is -2.44. The van der Waals surface area contributed by atoms with Crippen LogP contribution in [0.1, 0.15) is 40.8 Å². The Labute approximate surface area is 208 Å². The maximum atomic E-state index is 13.7. The zero-order valence-corrected chi connectivity index (χ0v) is 17.5. The summed E-state index contributed by atoms with van der Waals surface area (Å²) in [4.78, 5) is 0.876. The minimum Gasteiger partial charge on any atom is -0.304 e. The zero-order valence-electron chi connectivity index (χ0n) is 32.9. The van der Waals surface area contributed by atoms with Crippen LogP contribution in [0.25, 0.3) is 5.57 Å². The van der Waals surface area contributed by atoms with Gasteiger partial charge in [0.2, 0.25) is 10.0 Å². The summed E-state index contributed by atoms with van der Waals surface area (Å²) in [6.07, 6.45) is -2.39. The van der Waals surface area contributed by atoms with Crippen LogP contribution in [-0.4, -0.2) is 76.2 Å². The van der Waals surface area contributed by atoms with E-state index in [0.29, 0.717) is 30.9 Å². The number of hydrogen-bond donors (Lipinski definition) is 0. The van der Waals surface area contributed by atoms with Crippen molar-refractivity contribution in [2.45, 2.75) is 21.1 Å². The third kappa shape index (κ3) is 4.36. The second kappa shape index (κ2) is 8.85. The molecule has 0 aliphatic carbocycles. The molecule has 4 rings (SSSR count). The number of likely N-dealkylation sites (N-methyl/N-ethyl adjacent to an activating group) is 1. The van der Waals surface area contributed by atoms with Gasteiger partial charge in [-0.25, -0.2) is 12.7 Å². The predicted molar refractivity (Wildman–Crippen MR) is 124 cm³/mol. The standard InChI is InChI=1S/C23H29N3O2S2/c1-24(2)30(27,28)18-10-11-23-21(17-18)19(20-7-4-5-9-22(20)29-23)8-6-12-26-15-13-25(3)14-16-26/h4-5,7-11,17H,6,12-16H2,1-3H3/b19-8-/i1D3,2D3,4D,5D,6D2,7D,9D,10D,11D,12D2,17D. The molecule has 1 fully saturated rings. The van der Waals surface area contributed by atoms with Crippen LogP contribution in [0.4, 0.5) is 0 Å². The Balaban J connectivity index is 2.15. The summed E-state index contributed by atoms with van der Waals surface area (Å²) in [5.74, 6) is 0. The van der Waals surface area contributed by atoms with Gasteiger partial charge < -0.3 is 9.80 Å². The first kappa shape index (κ1) is 9.08. The molecule has 160 valence electrons. The van der Waals surface area contributed by atoms with Crippen molar-refractivity contribution in [3.63, 3.8) is 0 Å². The number of fused-ring (bicyclic) bond motifs is 2. The second-order valence-electron chi connectivity index (χ2n) is 6.59. The van der Waals surface area contributed by atoms with Gasteiger partial charge in [-0.15, -0.1) is 0 Å². The molecular formula is C23H29N3O2S2. The van der Waals surface area contributed by atoms with Gasteiger partial charge in [0, 0.05) is 70.1 Å². The highest BCUT2D eigenvalue weighted by atomic mass is 32.2. The minimum absolute atomic E-state index is 0.0973. The van der Waals surface area contributed by atoms with E-state index in [9.17, 15) is 8.42 Å². The second-order valence-corrected chi connectivity index (χ2v) is 9.33. The maximum Gasteiger partial charge on any atom is 0.242 e. The molecule has 0 bridgehead atoms. The van der Waals surface area contributed by atoms with E-state index in [2.05, 4.69) is 0 Å². The third-order valence-electron chi connectivity index (χ3n) is 4.59. The first-order valence-corrected chi connectivity index (χ1v) is 11.1. The Morgan fingerprint density at radius 3 is 2.63 bits per heavy atom. The molecule has 1 saturated heterocycles. The summed E-state index contributed by atoms with van der Waals surface area (Å²) in [5.41, 5.74) is -1.75. The smallest absolute Gasteiger partial charge is 0.242 e. The van der Waals surface area contributed by atoms with Crippen LogP contribution >= 0.6 is 11.8 Å². The van der Waals surface area contributed by atoms with E-state index in [0.717, 1.165) is 0 Å². The Morgan fingerprint density at radius 2 is 1.87 bits per heavy atom. The number of piperazine rings is 1. The minimum atomic E-state index is -5.82. The first-order valence-electron chi connectivity index (χ1n) is 17.3. The normalized spacial score (nSPS) is 29.1. The molecule has 0 radical (unpaired) electrons. The summed E-state index contributed by atoms with van der Waals surface area (Å²) < 4.78 is 167. The number of benzene rings is 2. The van der Waals surface area contributed by atoms with Crippen molar-refractivity contribution in [2.24, 2.45) is 0 Å². The molecule has 2 aliphatic rings. The zero-order chi connectivity index (χ0) is 36.0. The predicted octanol–water partition coefficient (Wildman–Crippen LogP) is 3.47. The van der Waals surface area contributed by atoms with E-state index in [1.807, 2.05) is 4.90 Å². The van der Waals surface area contributed by atoms with Gasteiger partial charge in [0.15, 0.2) is 0 Å². The van der Waals surface area contributed by atoms with Crippen molar-refractivity contribution in [3.8, 4) is 0 Å². The molecule has 2 heterocycles. The average molecular weight is 461 g/mol. The SMILES string of the molecule is [2H]c1c([2H])c([2H])c2c(c1[2H])Sc1c([2H])c([2H])c(S(=O)(=O)N(C([2H])([2H])[2H])C([2H])([2H])[2H])c([2H])c1/C2=C\C([2H])([2H])C([2H])([2H])N1CCN(C)CC1. The van der Waals surface area contributed by atoms with E-state index in [1.165, 1.54) is 4.90 Å². The molecule has 0 spiro atoms. The van der Waals surface area contributed by atoms with Crippen LogP contribution in [0, 0.1) is 0 Å². The summed E-state index contributed by atoms with van der Waals surface area (Å²) >= 11 is 0.464. The van der Waals surface area contributed by atoms with E-state index in [4.69, 9.17) is 23.3 Å². The van der Waals surface area contributed by atoms with Crippen LogP contribution in [0.15, 0.2) is 63.1 Å². The molecule has 2 aromatic rings. The molecule has 7 heteroatoms. The lowest BCUT2D eigenvalue weighted by molar-refractivity contribution is 0.156. The van der Waals surface area contributed by atoms with Crippen LogP contribution in [0.5, 0.6) is 0 Å². The van der Waals surface area contributed by atoms with Crippen LogP contribution in [0.2, 0.25) is 0 Å². The fraction of sp³-hybridized carbons (Fsp3) is 0.391. The monoisotopic (exact) mass is 460 g/mol. The van der Waals surface area contributed by atoms with Gasteiger partial charge in [-0.1, -0.05) is 36.0 Å². The molecule has 0 atom stereocenters. The van der Waals surface area contributed by atoms with Crippen LogP contribution in [-0.2, 0) is 10.0 Å². The fourth-order valence-electron chi connectivity index (χ4n) is 2.92. The lowest BCUT2D eigenvalue weighted by atomic mass is 9.96. The highest BCUT2D eigenvalue weighted by Gasteiger charge is 2.25. The van der Waals surface area contributed by atoms with Crippen molar-refractivity contribution in [3.05, 3.63) is 59.5 Å². The van der Waals surface area contributed by atoms with Gasteiger partial charge in [-0.2, -0.15) is 0 Å². The summed E-state index contributed by atoms with van der Waals surface area (Å²) in [5, 5.41) is 0. The van der Waals surface area contributed by atoms with Crippen molar-refractivity contribution < 1.29 is 31.7 Å². The molecule has 0 unspecified atom stereocenters. The number of nitrogens with zero attached hydrogens (tertiary/aromatic N) is 3. The topological polar surface area (TPSA) is 43.9 Å². The molecule has 5 nitrogen and oxygen atoms in total. The largest absolute Gasteiger partial charge is 0.304 e. The fourth-order valence-corrected chi connectivity index (χ4v) is 4.44. The third-order valence-corrected chi connectivity index (χ3v) is 6.81. The van der Waals surface area contributed by atoms with Crippen molar-refractivity contribution in [2.75, 3.05) is 53.7 Å². The van der Waals surface area contributed by atoms with Gasteiger partial charge >= 0.3 is 0 Å². The molecule has 0 N–H and O–H groups in total. The molecule has 2 aromatic carbocycles. The maximum absolute atomic E-state index is 13.7. The molecule has 30 heavy (non-hydrogen) atoms. The Hall–Kier alpha value is -1.64. The molecule has 0 amide bonds. The summed E-state index contributed by atoms with van der Waals surface area (Å²) in [6, 6.07) is -6.43.